The number of hydrogen-bond acceptors (Lipinski definition) is 4. The number of aliphatic imine (C=N–C) groups is 1. The van der Waals surface area contributed by atoms with Gasteiger partial charge in [0.1, 0.15) is 0 Å². The quantitative estimate of drug-likeness (QED) is 0.814. The third-order valence-electron chi connectivity index (χ3n) is 3.46. The normalized spacial score (nSPS) is 20.1. The Hall–Kier alpha value is -2.62. The molecule has 4 nitrogen and oxygen atoms in total. The van der Waals surface area contributed by atoms with Crippen molar-refractivity contribution in [2.24, 2.45) is 4.99 Å². The minimum Gasteiger partial charge on any atom is -0.466 e. The lowest BCUT2D eigenvalue weighted by Gasteiger charge is -2.16. The molecule has 22 heavy (non-hydrogen) atoms. The highest BCUT2D eigenvalue weighted by molar-refractivity contribution is 5.98. The molecule has 2 atom stereocenters. The van der Waals surface area contributed by atoms with Crippen LogP contribution in [0.2, 0.25) is 0 Å². The van der Waals surface area contributed by atoms with Crippen molar-refractivity contribution in [2.45, 2.75) is 19.1 Å². The van der Waals surface area contributed by atoms with E-state index in [2.05, 4.69) is 4.99 Å². The Morgan fingerprint density at radius 1 is 1.09 bits per heavy atom. The van der Waals surface area contributed by atoms with Crippen molar-refractivity contribution in [1.82, 2.24) is 0 Å². The molecule has 0 aliphatic carbocycles. The fourth-order valence-corrected chi connectivity index (χ4v) is 2.43. The zero-order chi connectivity index (χ0) is 15.4. The van der Waals surface area contributed by atoms with Crippen molar-refractivity contribution in [3.05, 3.63) is 71.8 Å². The van der Waals surface area contributed by atoms with Crippen LogP contribution in [0.1, 0.15) is 24.2 Å². The number of carbonyl (C=O) groups is 1. The molecule has 112 valence electrons. The Labute approximate surface area is 129 Å². The van der Waals surface area contributed by atoms with E-state index in [1.54, 1.807) is 6.92 Å². The molecule has 0 saturated heterocycles. The van der Waals surface area contributed by atoms with E-state index in [0.717, 1.165) is 11.1 Å². The number of hydrogen-bond donors (Lipinski definition) is 0. The number of benzene rings is 2. The van der Waals surface area contributed by atoms with E-state index in [1.165, 1.54) is 0 Å². The highest BCUT2D eigenvalue weighted by Crippen LogP contribution is 2.31. The van der Waals surface area contributed by atoms with Crippen LogP contribution >= 0.6 is 0 Å². The molecular formula is C18H17NO3. The van der Waals surface area contributed by atoms with Crippen LogP contribution in [0.4, 0.5) is 0 Å². The van der Waals surface area contributed by atoms with Crippen LogP contribution in [0.3, 0.4) is 0 Å². The standard InChI is InChI=1S/C18H17NO3/c1-2-21-18(20)15-16(13-9-5-3-6-10-13)22-17(19-15)14-11-7-4-8-12-14/h3-12,15-16H,2H2,1H3. The Morgan fingerprint density at radius 2 is 1.73 bits per heavy atom. The van der Waals surface area contributed by atoms with E-state index in [4.69, 9.17) is 9.47 Å². The Balaban J connectivity index is 1.92. The second-order valence-corrected chi connectivity index (χ2v) is 4.95. The van der Waals surface area contributed by atoms with Crippen LogP contribution in [0.15, 0.2) is 65.7 Å². The lowest BCUT2D eigenvalue weighted by molar-refractivity contribution is -0.146. The van der Waals surface area contributed by atoms with Gasteiger partial charge in [0.25, 0.3) is 0 Å². The first-order valence-electron chi connectivity index (χ1n) is 7.31. The average Bonchev–Trinajstić information content (AvgIpc) is 3.02. The van der Waals surface area contributed by atoms with Crippen molar-refractivity contribution in [3.8, 4) is 0 Å². The van der Waals surface area contributed by atoms with Gasteiger partial charge in [-0.2, -0.15) is 0 Å². The summed E-state index contributed by atoms with van der Waals surface area (Å²) in [5.41, 5.74) is 1.77. The summed E-state index contributed by atoms with van der Waals surface area (Å²) in [7, 11) is 0. The summed E-state index contributed by atoms with van der Waals surface area (Å²) in [5, 5.41) is 0. The molecule has 4 heteroatoms. The van der Waals surface area contributed by atoms with Crippen molar-refractivity contribution >= 4 is 11.9 Å². The topological polar surface area (TPSA) is 47.9 Å². The molecule has 1 aliphatic heterocycles. The van der Waals surface area contributed by atoms with Gasteiger partial charge >= 0.3 is 5.97 Å². The number of rotatable bonds is 4. The van der Waals surface area contributed by atoms with Crippen LogP contribution in [0.5, 0.6) is 0 Å². The summed E-state index contributed by atoms with van der Waals surface area (Å²) in [6.07, 6.45) is -0.449. The van der Waals surface area contributed by atoms with Gasteiger partial charge in [0.05, 0.1) is 6.61 Å². The highest BCUT2D eigenvalue weighted by Gasteiger charge is 2.38. The maximum absolute atomic E-state index is 12.2. The van der Waals surface area contributed by atoms with E-state index in [1.807, 2.05) is 60.7 Å². The summed E-state index contributed by atoms with van der Waals surface area (Å²) in [5.74, 6) is 0.120. The highest BCUT2D eigenvalue weighted by atomic mass is 16.5. The van der Waals surface area contributed by atoms with Gasteiger partial charge in [0.2, 0.25) is 5.90 Å². The minimum atomic E-state index is -0.669. The first-order chi connectivity index (χ1) is 10.8. The first-order valence-corrected chi connectivity index (χ1v) is 7.31. The smallest absolute Gasteiger partial charge is 0.335 e. The van der Waals surface area contributed by atoms with Crippen molar-refractivity contribution in [1.29, 1.82) is 0 Å². The van der Waals surface area contributed by atoms with Crippen molar-refractivity contribution < 1.29 is 14.3 Å². The number of nitrogens with zero attached hydrogens (tertiary/aromatic N) is 1. The average molecular weight is 295 g/mol. The lowest BCUT2D eigenvalue weighted by atomic mass is 10.0. The Kier molecular flexibility index (Phi) is 4.19. The van der Waals surface area contributed by atoms with Crippen LogP contribution in [0, 0.1) is 0 Å². The summed E-state index contributed by atoms with van der Waals surface area (Å²) >= 11 is 0. The molecule has 2 unspecified atom stereocenters. The fourth-order valence-electron chi connectivity index (χ4n) is 2.43. The SMILES string of the molecule is CCOC(=O)C1N=C(c2ccccc2)OC1c1ccccc1. The molecule has 0 N–H and O–H groups in total. The van der Waals surface area contributed by atoms with Crippen LogP contribution < -0.4 is 0 Å². The molecule has 3 rings (SSSR count). The van der Waals surface area contributed by atoms with E-state index >= 15 is 0 Å². The van der Waals surface area contributed by atoms with E-state index < -0.39 is 12.1 Å². The van der Waals surface area contributed by atoms with Gasteiger partial charge in [0, 0.05) is 5.56 Å². The van der Waals surface area contributed by atoms with E-state index in [9.17, 15) is 4.79 Å². The van der Waals surface area contributed by atoms with Gasteiger partial charge in [0.15, 0.2) is 12.1 Å². The first kappa shape index (κ1) is 14.3. The Morgan fingerprint density at radius 3 is 2.36 bits per heavy atom. The van der Waals surface area contributed by atoms with Gasteiger partial charge < -0.3 is 9.47 Å². The summed E-state index contributed by atoms with van der Waals surface area (Å²) in [4.78, 5) is 16.7. The molecule has 0 aromatic heterocycles. The largest absolute Gasteiger partial charge is 0.466 e. The monoisotopic (exact) mass is 295 g/mol. The molecule has 0 spiro atoms. The predicted molar refractivity (Wildman–Crippen MR) is 83.7 cm³/mol. The molecule has 1 heterocycles. The van der Waals surface area contributed by atoms with Gasteiger partial charge in [-0.3, -0.25) is 0 Å². The third-order valence-corrected chi connectivity index (χ3v) is 3.46. The number of esters is 1. The molecule has 2 aromatic carbocycles. The second kappa shape index (κ2) is 6.43. The zero-order valence-electron chi connectivity index (χ0n) is 12.3. The maximum Gasteiger partial charge on any atom is 0.335 e. The fraction of sp³-hybridized carbons (Fsp3) is 0.222. The molecule has 0 saturated carbocycles. The van der Waals surface area contributed by atoms with Gasteiger partial charge in [-0.05, 0) is 24.6 Å². The van der Waals surface area contributed by atoms with Crippen LogP contribution in [-0.2, 0) is 14.3 Å². The number of ether oxygens (including phenoxy) is 2. The summed E-state index contributed by atoms with van der Waals surface area (Å²) in [6.45, 7) is 2.11. The molecular weight excluding hydrogens is 278 g/mol. The van der Waals surface area contributed by atoms with Crippen molar-refractivity contribution in [2.75, 3.05) is 6.61 Å². The molecule has 1 aliphatic rings. The molecule has 0 radical (unpaired) electrons. The Bertz CT molecular complexity index is 667. The minimum absolute atomic E-state index is 0.326. The van der Waals surface area contributed by atoms with E-state index in [0.29, 0.717) is 12.5 Å². The maximum atomic E-state index is 12.2. The summed E-state index contributed by atoms with van der Waals surface area (Å²) in [6, 6.07) is 18.5. The second-order valence-electron chi connectivity index (χ2n) is 4.95. The predicted octanol–water partition coefficient (Wildman–Crippen LogP) is 3.14. The number of carbonyl (C=O) groups excluding carboxylic acids is 1. The molecule has 0 fully saturated rings. The lowest BCUT2D eigenvalue weighted by Crippen LogP contribution is -2.26. The third kappa shape index (κ3) is 2.86. The van der Waals surface area contributed by atoms with Crippen LogP contribution in [0.25, 0.3) is 0 Å². The van der Waals surface area contributed by atoms with Gasteiger partial charge in [-0.15, -0.1) is 0 Å². The van der Waals surface area contributed by atoms with Gasteiger partial charge in [-0.25, -0.2) is 9.79 Å². The van der Waals surface area contributed by atoms with Gasteiger partial charge in [-0.1, -0.05) is 48.5 Å². The molecule has 0 amide bonds. The van der Waals surface area contributed by atoms with Crippen molar-refractivity contribution in [3.63, 3.8) is 0 Å². The van der Waals surface area contributed by atoms with E-state index in [-0.39, 0.29) is 5.97 Å². The molecule has 2 aromatic rings. The summed E-state index contributed by atoms with van der Waals surface area (Å²) < 4.78 is 11.1. The van der Waals surface area contributed by atoms with Crippen LogP contribution in [-0.4, -0.2) is 24.5 Å². The zero-order valence-corrected chi connectivity index (χ0v) is 12.3. The molecule has 0 bridgehead atoms.